The van der Waals surface area contributed by atoms with Gasteiger partial charge in [0, 0.05) is 12.1 Å². The van der Waals surface area contributed by atoms with Gasteiger partial charge in [-0.15, -0.1) is 0 Å². The zero-order chi connectivity index (χ0) is 10.1. The van der Waals surface area contributed by atoms with E-state index in [1.165, 1.54) is 0 Å². The Morgan fingerprint density at radius 1 is 1.62 bits per heavy atom. The third kappa shape index (κ3) is 1.82. The summed E-state index contributed by atoms with van der Waals surface area (Å²) in [4.78, 5) is 13.5. The van der Waals surface area contributed by atoms with Gasteiger partial charge in [0.2, 0.25) is 5.91 Å². The van der Waals surface area contributed by atoms with Crippen molar-refractivity contribution in [2.24, 2.45) is 5.92 Å². The maximum Gasteiger partial charge on any atom is 0.240 e. The predicted octanol–water partition coefficient (Wildman–Crippen LogP) is 1.55. The zero-order valence-corrected chi connectivity index (χ0v) is 8.50. The van der Waals surface area contributed by atoms with Crippen molar-refractivity contribution in [2.75, 3.05) is 6.54 Å². The molecule has 72 valence electrons. The second-order valence-corrected chi connectivity index (χ2v) is 4.26. The molecule has 1 fully saturated rings. The van der Waals surface area contributed by atoms with E-state index in [2.05, 4.69) is 13.8 Å². The van der Waals surface area contributed by atoms with Crippen molar-refractivity contribution in [2.45, 2.75) is 39.2 Å². The van der Waals surface area contributed by atoms with Crippen LogP contribution in [0.5, 0.6) is 0 Å². The Bertz CT molecular complexity index is 252. The molecular weight excluding hydrogens is 164 g/mol. The Hall–Kier alpha value is -1.04. The maximum atomic E-state index is 11.7. The molecule has 3 heteroatoms. The lowest BCUT2D eigenvalue weighted by molar-refractivity contribution is -0.136. The van der Waals surface area contributed by atoms with E-state index in [-0.39, 0.29) is 11.4 Å². The van der Waals surface area contributed by atoms with E-state index < -0.39 is 5.92 Å². The van der Waals surface area contributed by atoms with Crippen LogP contribution < -0.4 is 0 Å². The number of nitrogens with zero attached hydrogens (tertiary/aromatic N) is 2. The Morgan fingerprint density at radius 3 is 2.62 bits per heavy atom. The number of amides is 1. The van der Waals surface area contributed by atoms with Crippen LogP contribution in [0.25, 0.3) is 0 Å². The van der Waals surface area contributed by atoms with Crippen molar-refractivity contribution < 1.29 is 4.79 Å². The van der Waals surface area contributed by atoms with Crippen LogP contribution in [0.1, 0.15) is 33.6 Å². The summed E-state index contributed by atoms with van der Waals surface area (Å²) in [5.74, 6) is -0.526. The van der Waals surface area contributed by atoms with Gasteiger partial charge in [-0.1, -0.05) is 0 Å². The van der Waals surface area contributed by atoms with E-state index in [1.54, 1.807) is 6.92 Å². The SMILES string of the molecule is CC(C#N)C(=O)N1CCCC1(C)C. The molecule has 13 heavy (non-hydrogen) atoms. The van der Waals surface area contributed by atoms with Gasteiger partial charge in [-0.05, 0) is 33.6 Å². The second-order valence-electron chi connectivity index (χ2n) is 4.26. The highest BCUT2D eigenvalue weighted by Gasteiger charge is 2.36. The summed E-state index contributed by atoms with van der Waals surface area (Å²) in [5, 5.41) is 8.64. The molecule has 0 spiro atoms. The molecule has 0 aromatic carbocycles. The van der Waals surface area contributed by atoms with Crippen LogP contribution in [0.4, 0.5) is 0 Å². The Balaban J connectivity index is 2.73. The first-order chi connectivity index (χ1) is 5.99. The standard InChI is InChI=1S/C10H16N2O/c1-8(7-11)9(13)12-6-4-5-10(12,2)3/h8H,4-6H2,1-3H3. The third-order valence-corrected chi connectivity index (χ3v) is 2.73. The van der Waals surface area contributed by atoms with Crippen LogP contribution in [-0.4, -0.2) is 22.9 Å². The molecule has 1 atom stereocenters. The molecule has 1 saturated heterocycles. The minimum Gasteiger partial charge on any atom is -0.336 e. The summed E-state index contributed by atoms with van der Waals surface area (Å²) in [6.07, 6.45) is 2.09. The van der Waals surface area contributed by atoms with Gasteiger partial charge in [0.1, 0.15) is 5.92 Å². The van der Waals surface area contributed by atoms with Crippen molar-refractivity contribution in [3.05, 3.63) is 0 Å². The van der Waals surface area contributed by atoms with Crippen LogP contribution >= 0.6 is 0 Å². The number of rotatable bonds is 1. The van der Waals surface area contributed by atoms with Gasteiger partial charge in [0.15, 0.2) is 0 Å². The molecule has 0 bridgehead atoms. The molecule has 0 aromatic heterocycles. The lowest BCUT2D eigenvalue weighted by Crippen LogP contribution is -2.44. The molecule has 0 aromatic rings. The molecule has 1 aliphatic heterocycles. The smallest absolute Gasteiger partial charge is 0.240 e. The quantitative estimate of drug-likeness (QED) is 0.614. The Labute approximate surface area is 79.3 Å². The first-order valence-corrected chi connectivity index (χ1v) is 4.70. The summed E-state index contributed by atoms with van der Waals surface area (Å²) in [6, 6.07) is 1.99. The lowest BCUT2D eigenvalue weighted by atomic mass is 10.0. The van der Waals surface area contributed by atoms with Crippen molar-refractivity contribution in [1.29, 1.82) is 5.26 Å². The van der Waals surface area contributed by atoms with Crippen LogP contribution in [0.2, 0.25) is 0 Å². The van der Waals surface area contributed by atoms with Crippen LogP contribution in [0.3, 0.4) is 0 Å². The highest BCUT2D eigenvalue weighted by Crippen LogP contribution is 2.29. The van der Waals surface area contributed by atoms with Crippen molar-refractivity contribution in [3.63, 3.8) is 0 Å². The average molecular weight is 180 g/mol. The minimum atomic E-state index is -0.502. The molecule has 3 nitrogen and oxygen atoms in total. The molecule has 1 heterocycles. The Morgan fingerprint density at radius 2 is 2.23 bits per heavy atom. The summed E-state index contributed by atoms with van der Waals surface area (Å²) in [7, 11) is 0. The van der Waals surface area contributed by atoms with Crippen LogP contribution in [-0.2, 0) is 4.79 Å². The van der Waals surface area contributed by atoms with Gasteiger partial charge >= 0.3 is 0 Å². The number of carbonyl (C=O) groups excluding carboxylic acids is 1. The number of carbonyl (C=O) groups is 1. The fraction of sp³-hybridized carbons (Fsp3) is 0.800. The van der Waals surface area contributed by atoms with E-state index in [9.17, 15) is 4.79 Å². The minimum absolute atomic E-state index is 0.0231. The second kappa shape index (κ2) is 3.37. The van der Waals surface area contributed by atoms with Crippen molar-refractivity contribution in [1.82, 2.24) is 4.90 Å². The largest absolute Gasteiger partial charge is 0.336 e. The fourth-order valence-corrected chi connectivity index (χ4v) is 1.80. The average Bonchev–Trinajstić information content (AvgIpc) is 2.42. The summed E-state index contributed by atoms with van der Waals surface area (Å²) < 4.78 is 0. The molecule has 1 rings (SSSR count). The normalized spacial score (nSPS) is 22.5. The molecule has 0 N–H and O–H groups in total. The predicted molar refractivity (Wildman–Crippen MR) is 49.8 cm³/mol. The highest BCUT2D eigenvalue weighted by molar-refractivity contribution is 5.81. The first-order valence-electron chi connectivity index (χ1n) is 4.70. The van der Waals surface area contributed by atoms with Gasteiger partial charge < -0.3 is 4.90 Å². The molecule has 1 amide bonds. The number of hydrogen-bond donors (Lipinski definition) is 0. The molecule has 1 unspecified atom stereocenters. The highest BCUT2D eigenvalue weighted by atomic mass is 16.2. The molecule has 0 saturated carbocycles. The van der Waals surface area contributed by atoms with Gasteiger partial charge in [-0.3, -0.25) is 4.79 Å². The topological polar surface area (TPSA) is 44.1 Å². The number of hydrogen-bond acceptors (Lipinski definition) is 2. The number of likely N-dealkylation sites (tertiary alicyclic amines) is 1. The fourth-order valence-electron chi connectivity index (χ4n) is 1.80. The summed E-state index contributed by atoms with van der Waals surface area (Å²) in [6.45, 7) is 6.58. The van der Waals surface area contributed by atoms with Crippen LogP contribution in [0.15, 0.2) is 0 Å². The number of nitriles is 1. The monoisotopic (exact) mass is 180 g/mol. The van der Waals surface area contributed by atoms with E-state index in [4.69, 9.17) is 5.26 Å². The Kier molecular flexibility index (Phi) is 2.60. The summed E-state index contributed by atoms with van der Waals surface area (Å²) in [5.41, 5.74) is -0.0534. The lowest BCUT2D eigenvalue weighted by Gasteiger charge is -2.32. The zero-order valence-electron chi connectivity index (χ0n) is 8.50. The molecular formula is C10H16N2O. The van der Waals surface area contributed by atoms with Gasteiger partial charge in [0.05, 0.1) is 6.07 Å². The maximum absolute atomic E-state index is 11.7. The van der Waals surface area contributed by atoms with E-state index in [0.29, 0.717) is 0 Å². The summed E-state index contributed by atoms with van der Waals surface area (Å²) >= 11 is 0. The van der Waals surface area contributed by atoms with E-state index >= 15 is 0 Å². The molecule has 1 aliphatic rings. The van der Waals surface area contributed by atoms with E-state index in [1.807, 2.05) is 11.0 Å². The van der Waals surface area contributed by atoms with Gasteiger partial charge in [0.25, 0.3) is 0 Å². The molecule has 0 aliphatic carbocycles. The van der Waals surface area contributed by atoms with Crippen LogP contribution in [0, 0.1) is 17.2 Å². The third-order valence-electron chi connectivity index (χ3n) is 2.73. The first kappa shape index (κ1) is 10.0. The van der Waals surface area contributed by atoms with Crippen molar-refractivity contribution >= 4 is 5.91 Å². The van der Waals surface area contributed by atoms with Gasteiger partial charge in [-0.25, -0.2) is 0 Å². The molecule has 0 radical (unpaired) electrons. The van der Waals surface area contributed by atoms with E-state index in [0.717, 1.165) is 19.4 Å². The van der Waals surface area contributed by atoms with Crippen molar-refractivity contribution in [3.8, 4) is 6.07 Å². The van der Waals surface area contributed by atoms with Gasteiger partial charge in [-0.2, -0.15) is 5.26 Å².